The highest BCUT2D eigenvalue weighted by Gasteiger charge is 2.06. The molecular weight excluding hydrogens is 258 g/mol. The van der Waals surface area contributed by atoms with Gasteiger partial charge in [-0.1, -0.05) is 11.6 Å². The number of aliphatic hydroxyl groups excluding tert-OH is 1. The summed E-state index contributed by atoms with van der Waals surface area (Å²) in [6, 6.07) is 3.26. The molecule has 0 bridgehead atoms. The van der Waals surface area contributed by atoms with Gasteiger partial charge in [-0.05, 0) is 46.5 Å². The van der Waals surface area contributed by atoms with E-state index in [1.807, 2.05) is 0 Å². The van der Waals surface area contributed by atoms with Crippen LogP contribution in [0.2, 0.25) is 5.02 Å². The number of rotatable bonds is 3. The molecule has 0 radical (unpaired) electrons. The fraction of sp³-hybridized carbons (Fsp3) is 0.333. The third kappa shape index (κ3) is 2.93. The number of hydrogen-bond acceptors (Lipinski definition) is 1. The highest BCUT2D eigenvalue weighted by atomic mass is 79.9. The molecule has 0 aliphatic rings. The Morgan fingerprint density at radius 1 is 1.46 bits per heavy atom. The highest BCUT2D eigenvalue weighted by molar-refractivity contribution is 9.10. The normalized spacial score (nSPS) is 10.5. The van der Waals surface area contributed by atoms with Gasteiger partial charge in [-0.25, -0.2) is 4.39 Å². The van der Waals surface area contributed by atoms with Gasteiger partial charge >= 0.3 is 0 Å². The van der Waals surface area contributed by atoms with Gasteiger partial charge in [-0.3, -0.25) is 0 Å². The first kappa shape index (κ1) is 11.0. The Labute approximate surface area is 89.7 Å². The SMILES string of the molecule is OCCCc1cc(Cl)c(F)c(Br)c1. The van der Waals surface area contributed by atoms with Crippen LogP contribution < -0.4 is 0 Å². The van der Waals surface area contributed by atoms with Crippen molar-refractivity contribution in [1.82, 2.24) is 0 Å². The van der Waals surface area contributed by atoms with Gasteiger partial charge in [0.15, 0.2) is 5.82 Å². The van der Waals surface area contributed by atoms with Crippen molar-refractivity contribution in [2.45, 2.75) is 12.8 Å². The van der Waals surface area contributed by atoms with Crippen LogP contribution in [0.15, 0.2) is 16.6 Å². The minimum Gasteiger partial charge on any atom is -0.396 e. The fourth-order valence-electron chi connectivity index (χ4n) is 1.04. The van der Waals surface area contributed by atoms with Crippen molar-refractivity contribution >= 4 is 27.5 Å². The number of aryl methyl sites for hydroxylation is 1. The van der Waals surface area contributed by atoms with E-state index in [1.165, 1.54) is 0 Å². The lowest BCUT2D eigenvalue weighted by Gasteiger charge is -2.03. The standard InChI is InChI=1S/C9H9BrClFO/c10-7-4-6(2-1-3-13)5-8(11)9(7)12/h4-5,13H,1-3H2. The van der Waals surface area contributed by atoms with Crippen LogP contribution in [0, 0.1) is 5.82 Å². The lowest BCUT2D eigenvalue weighted by Crippen LogP contribution is -1.91. The topological polar surface area (TPSA) is 20.2 Å². The lowest BCUT2D eigenvalue weighted by molar-refractivity contribution is 0.288. The molecule has 0 aliphatic carbocycles. The third-order valence-corrected chi connectivity index (χ3v) is 2.52. The van der Waals surface area contributed by atoms with Crippen molar-refractivity contribution in [3.8, 4) is 0 Å². The maximum Gasteiger partial charge on any atom is 0.155 e. The van der Waals surface area contributed by atoms with Gasteiger partial charge < -0.3 is 5.11 Å². The summed E-state index contributed by atoms with van der Waals surface area (Å²) in [5, 5.41) is 8.72. The first-order valence-corrected chi connectivity index (χ1v) is 5.06. The predicted molar refractivity (Wildman–Crippen MR) is 54.5 cm³/mol. The molecule has 0 saturated heterocycles. The molecule has 0 amide bonds. The number of benzene rings is 1. The summed E-state index contributed by atoms with van der Waals surface area (Å²) >= 11 is 8.70. The van der Waals surface area contributed by atoms with Crippen molar-refractivity contribution in [2.75, 3.05) is 6.61 Å². The molecule has 0 spiro atoms. The van der Waals surface area contributed by atoms with Crippen molar-refractivity contribution < 1.29 is 9.50 Å². The van der Waals surface area contributed by atoms with Crippen LogP contribution in [-0.2, 0) is 6.42 Å². The second-order valence-electron chi connectivity index (χ2n) is 2.70. The van der Waals surface area contributed by atoms with E-state index in [9.17, 15) is 4.39 Å². The van der Waals surface area contributed by atoms with E-state index in [4.69, 9.17) is 16.7 Å². The van der Waals surface area contributed by atoms with Crippen LogP contribution in [-0.4, -0.2) is 11.7 Å². The number of aliphatic hydroxyl groups is 1. The lowest BCUT2D eigenvalue weighted by atomic mass is 10.1. The summed E-state index contributed by atoms with van der Waals surface area (Å²) in [5.74, 6) is -0.436. The quantitative estimate of drug-likeness (QED) is 0.834. The van der Waals surface area contributed by atoms with Crippen molar-refractivity contribution in [2.24, 2.45) is 0 Å². The van der Waals surface area contributed by atoms with Gasteiger partial charge in [0.25, 0.3) is 0 Å². The molecule has 13 heavy (non-hydrogen) atoms. The summed E-state index contributed by atoms with van der Waals surface area (Å²) in [4.78, 5) is 0. The van der Waals surface area contributed by atoms with Gasteiger partial charge in [0.05, 0.1) is 9.50 Å². The predicted octanol–water partition coefficient (Wildman–Crippen LogP) is 3.17. The van der Waals surface area contributed by atoms with Gasteiger partial charge in [0.2, 0.25) is 0 Å². The van der Waals surface area contributed by atoms with Gasteiger partial charge in [-0.2, -0.15) is 0 Å². The molecular formula is C9H9BrClFO. The molecule has 72 valence electrons. The van der Waals surface area contributed by atoms with E-state index in [1.54, 1.807) is 12.1 Å². The molecule has 1 N–H and O–H groups in total. The molecule has 0 saturated carbocycles. The smallest absolute Gasteiger partial charge is 0.155 e. The molecule has 0 heterocycles. The Morgan fingerprint density at radius 3 is 2.69 bits per heavy atom. The summed E-state index contributed by atoms with van der Waals surface area (Å²) in [6.07, 6.45) is 1.36. The van der Waals surface area contributed by atoms with Crippen LogP contribution in [0.5, 0.6) is 0 Å². The third-order valence-electron chi connectivity index (χ3n) is 1.67. The van der Waals surface area contributed by atoms with E-state index in [0.717, 1.165) is 5.56 Å². The van der Waals surface area contributed by atoms with Gasteiger partial charge in [-0.15, -0.1) is 0 Å². The monoisotopic (exact) mass is 266 g/mol. The second kappa shape index (κ2) is 4.94. The summed E-state index contributed by atoms with van der Waals surface area (Å²) in [5.41, 5.74) is 0.923. The first-order chi connectivity index (χ1) is 6.15. The van der Waals surface area contributed by atoms with Crippen LogP contribution in [0.25, 0.3) is 0 Å². The average Bonchev–Trinajstić information content (AvgIpc) is 2.10. The molecule has 0 unspecified atom stereocenters. The summed E-state index contributed by atoms with van der Waals surface area (Å²) in [7, 11) is 0. The molecule has 1 aromatic carbocycles. The Balaban J connectivity index is 2.86. The zero-order chi connectivity index (χ0) is 9.84. The van der Waals surface area contributed by atoms with E-state index >= 15 is 0 Å². The minimum absolute atomic E-state index is 0.113. The average molecular weight is 268 g/mol. The molecule has 0 fully saturated rings. The molecule has 1 aromatic rings. The van der Waals surface area contributed by atoms with Crippen molar-refractivity contribution in [3.05, 3.63) is 33.0 Å². The zero-order valence-electron chi connectivity index (χ0n) is 6.86. The summed E-state index contributed by atoms with van der Waals surface area (Å²) < 4.78 is 13.4. The maximum atomic E-state index is 13.0. The van der Waals surface area contributed by atoms with E-state index in [0.29, 0.717) is 17.3 Å². The number of hydrogen-bond donors (Lipinski definition) is 1. The van der Waals surface area contributed by atoms with Crippen LogP contribution >= 0.6 is 27.5 Å². The zero-order valence-corrected chi connectivity index (χ0v) is 9.20. The highest BCUT2D eigenvalue weighted by Crippen LogP contribution is 2.25. The molecule has 1 nitrogen and oxygen atoms in total. The first-order valence-electron chi connectivity index (χ1n) is 3.89. The number of halogens is 3. The maximum absolute atomic E-state index is 13.0. The van der Waals surface area contributed by atoms with E-state index in [-0.39, 0.29) is 11.6 Å². The second-order valence-corrected chi connectivity index (χ2v) is 3.96. The molecule has 4 heteroatoms. The largest absolute Gasteiger partial charge is 0.396 e. The van der Waals surface area contributed by atoms with Crippen LogP contribution in [0.3, 0.4) is 0 Å². The Kier molecular flexibility index (Phi) is 4.16. The molecule has 1 rings (SSSR count). The molecule has 0 atom stereocenters. The Hall–Kier alpha value is -0.120. The Bertz CT molecular complexity index is 281. The van der Waals surface area contributed by atoms with Crippen molar-refractivity contribution in [3.63, 3.8) is 0 Å². The minimum atomic E-state index is -0.436. The Morgan fingerprint density at radius 2 is 2.15 bits per heavy atom. The molecule has 0 aliphatic heterocycles. The van der Waals surface area contributed by atoms with E-state index in [2.05, 4.69) is 15.9 Å². The van der Waals surface area contributed by atoms with Gasteiger partial charge in [0, 0.05) is 6.61 Å². The van der Waals surface area contributed by atoms with Crippen molar-refractivity contribution in [1.29, 1.82) is 0 Å². The van der Waals surface area contributed by atoms with Gasteiger partial charge in [0.1, 0.15) is 0 Å². The van der Waals surface area contributed by atoms with Crippen LogP contribution in [0.4, 0.5) is 4.39 Å². The summed E-state index contributed by atoms with van der Waals surface area (Å²) in [6.45, 7) is 0.132. The fourth-order valence-corrected chi connectivity index (χ4v) is 1.90. The van der Waals surface area contributed by atoms with Crippen LogP contribution in [0.1, 0.15) is 12.0 Å². The molecule has 0 aromatic heterocycles. The van der Waals surface area contributed by atoms with E-state index < -0.39 is 5.82 Å².